The molecule has 25 heavy (non-hydrogen) atoms. The maximum absolute atomic E-state index is 15.0. The molecule has 1 spiro atoms. The number of nitrogens with zero attached hydrogens (tertiary/aromatic N) is 5. The lowest BCUT2D eigenvalue weighted by Gasteiger charge is -2.56. The lowest BCUT2D eigenvalue weighted by molar-refractivity contribution is -0.127. The Hall–Kier alpha value is -2.74. The molecule has 128 valence electrons. The molecule has 2 aliphatic rings. The van der Waals surface area contributed by atoms with Crippen LogP contribution in [0.25, 0.3) is 11.0 Å². The number of aromatic nitrogens is 4. The largest absolute Gasteiger partial charge is 0.380 e. The van der Waals surface area contributed by atoms with Gasteiger partial charge in [-0.2, -0.15) is 10.1 Å². The van der Waals surface area contributed by atoms with E-state index in [0.717, 1.165) is 31.7 Å². The van der Waals surface area contributed by atoms with Crippen molar-refractivity contribution in [1.82, 2.24) is 19.7 Å². The molecule has 2 fully saturated rings. The van der Waals surface area contributed by atoms with Crippen molar-refractivity contribution in [2.75, 3.05) is 36.9 Å². The first-order chi connectivity index (χ1) is 12.1. The highest BCUT2D eigenvalue weighted by Gasteiger charge is 2.49. The number of fused-ring (bicyclic) bond motifs is 1. The van der Waals surface area contributed by atoms with E-state index in [9.17, 15) is 0 Å². The second-order valence-electron chi connectivity index (χ2n) is 6.91. The first-order valence-corrected chi connectivity index (χ1v) is 8.18. The Kier molecular flexibility index (Phi) is 2.99. The quantitative estimate of drug-likeness (QED) is 0.777. The second kappa shape index (κ2) is 5.13. The maximum atomic E-state index is 15.0. The van der Waals surface area contributed by atoms with Gasteiger partial charge in [-0.05, 0) is 6.07 Å². The lowest BCUT2D eigenvalue weighted by atomic mass is 9.77. The van der Waals surface area contributed by atoms with Crippen LogP contribution in [-0.4, -0.2) is 46.1 Å². The number of halogens is 1. The van der Waals surface area contributed by atoms with E-state index in [0.29, 0.717) is 23.4 Å². The average Bonchev–Trinajstić information content (AvgIpc) is 2.90. The average molecular weight is 340 g/mol. The molecule has 0 bridgehead atoms. The normalized spacial score (nSPS) is 18.4. The van der Waals surface area contributed by atoms with Crippen molar-refractivity contribution in [2.24, 2.45) is 5.41 Å². The van der Waals surface area contributed by atoms with E-state index in [1.54, 1.807) is 23.1 Å². The third-order valence-electron chi connectivity index (χ3n) is 4.98. The molecule has 1 aromatic carbocycles. The zero-order chi connectivity index (χ0) is 17.0. The monoisotopic (exact) mass is 340 g/mol. The van der Waals surface area contributed by atoms with E-state index in [4.69, 9.17) is 10.5 Å². The highest BCUT2D eigenvalue weighted by Crippen LogP contribution is 2.41. The molecule has 2 aromatic heterocycles. The van der Waals surface area contributed by atoms with Crippen LogP contribution in [0.5, 0.6) is 0 Å². The molecule has 0 radical (unpaired) electrons. The van der Waals surface area contributed by atoms with Gasteiger partial charge in [-0.3, -0.25) is 0 Å². The summed E-state index contributed by atoms with van der Waals surface area (Å²) in [5.41, 5.74) is 7.72. The molecule has 2 N–H and O–H groups in total. The van der Waals surface area contributed by atoms with Gasteiger partial charge in [-0.15, -0.1) is 0 Å². The summed E-state index contributed by atoms with van der Waals surface area (Å²) in [6, 6.07) is 5.48. The minimum absolute atomic E-state index is 0.178. The predicted octanol–water partition coefficient (Wildman–Crippen LogP) is 1.43. The molecule has 2 saturated heterocycles. The van der Waals surface area contributed by atoms with Crippen LogP contribution in [-0.2, 0) is 11.3 Å². The Morgan fingerprint density at radius 2 is 2.08 bits per heavy atom. The number of nitrogens with two attached hydrogens (primary N) is 1. The van der Waals surface area contributed by atoms with E-state index in [1.165, 1.54) is 0 Å². The number of hydrogen-bond donors (Lipinski definition) is 1. The zero-order valence-electron chi connectivity index (χ0n) is 13.5. The van der Waals surface area contributed by atoms with Gasteiger partial charge in [0.15, 0.2) is 11.5 Å². The van der Waals surface area contributed by atoms with Gasteiger partial charge in [0.1, 0.15) is 0 Å². The highest BCUT2D eigenvalue weighted by molar-refractivity contribution is 5.74. The highest BCUT2D eigenvalue weighted by atomic mass is 19.1. The van der Waals surface area contributed by atoms with Gasteiger partial charge in [0, 0.05) is 24.8 Å². The summed E-state index contributed by atoms with van der Waals surface area (Å²) in [5, 5.41) is 5.07. The van der Waals surface area contributed by atoms with Crippen molar-refractivity contribution >= 4 is 22.7 Å². The summed E-state index contributed by atoms with van der Waals surface area (Å²) in [4.78, 5) is 10.2. The third kappa shape index (κ3) is 2.25. The second-order valence-corrected chi connectivity index (χ2v) is 6.91. The molecule has 5 rings (SSSR count). The molecule has 7 nitrogen and oxygen atoms in total. The van der Waals surface area contributed by atoms with E-state index in [-0.39, 0.29) is 17.2 Å². The smallest absolute Gasteiger partial charge is 0.222 e. The van der Waals surface area contributed by atoms with E-state index in [2.05, 4.69) is 20.0 Å². The van der Waals surface area contributed by atoms with Gasteiger partial charge in [0.25, 0.3) is 0 Å². The van der Waals surface area contributed by atoms with E-state index >= 15 is 4.39 Å². The summed E-state index contributed by atoms with van der Waals surface area (Å²) < 4.78 is 21.9. The van der Waals surface area contributed by atoms with Gasteiger partial charge in [-0.25, -0.2) is 14.1 Å². The molecule has 4 heterocycles. The Morgan fingerprint density at radius 1 is 1.24 bits per heavy atom. The van der Waals surface area contributed by atoms with Crippen LogP contribution in [0.4, 0.5) is 16.0 Å². The fourth-order valence-corrected chi connectivity index (χ4v) is 3.60. The molecule has 3 aromatic rings. The van der Waals surface area contributed by atoms with Crippen molar-refractivity contribution in [3.8, 4) is 0 Å². The standard InChI is InChI=1S/C17H17FN6O/c18-14-11(6-24-15-12(5-21-24)4-20-16(19)22-15)2-1-3-13(14)23-7-17(8-23)9-25-10-17/h1-5H,6-10H2,(H2,19,20,22). The molecule has 0 amide bonds. The molecule has 0 aliphatic carbocycles. The molecule has 8 heteroatoms. The van der Waals surface area contributed by atoms with Gasteiger partial charge >= 0.3 is 0 Å². The summed E-state index contributed by atoms with van der Waals surface area (Å²) in [5.74, 6) is -0.0275. The Labute approximate surface area is 143 Å². The van der Waals surface area contributed by atoms with E-state index < -0.39 is 0 Å². The summed E-state index contributed by atoms with van der Waals surface area (Å²) >= 11 is 0. The maximum Gasteiger partial charge on any atom is 0.222 e. The van der Waals surface area contributed by atoms with Crippen LogP contribution in [0, 0.1) is 11.2 Å². The fraction of sp³-hybridized carbons (Fsp3) is 0.353. The number of anilines is 2. The van der Waals surface area contributed by atoms with Crippen molar-refractivity contribution in [3.63, 3.8) is 0 Å². The lowest BCUT2D eigenvalue weighted by Crippen LogP contribution is -2.66. The number of rotatable bonds is 3. The van der Waals surface area contributed by atoms with Gasteiger partial charge in [0.2, 0.25) is 5.95 Å². The van der Waals surface area contributed by atoms with E-state index in [1.807, 2.05) is 12.1 Å². The van der Waals surface area contributed by atoms with Crippen molar-refractivity contribution in [1.29, 1.82) is 0 Å². The van der Waals surface area contributed by atoms with Crippen LogP contribution in [0.2, 0.25) is 0 Å². The van der Waals surface area contributed by atoms with Gasteiger partial charge < -0.3 is 15.4 Å². The fourth-order valence-electron chi connectivity index (χ4n) is 3.60. The van der Waals surface area contributed by atoms with Crippen molar-refractivity contribution in [3.05, 3.63) is 42.0 Å². The first kappa shape index (κ1) is 14.6. The molecule has 2 aliphatic heterocycles. The number of hydrogen-bond acceptors (Lipinski definition) is 6. The van der Waals surface area contributed by atoms with Gasteiger partial charge in [0.05, 0.1) is 42.4 Å². The summed E-state index contributed by atoms with van der Waals surface area (Å²) in [6.07, 6.45) is 3.28. The Morgan fingerprint density at radius 3 is 2.84 bits per heavy atom. The number of benzene rings is 1. The Balaban J connectivity index is 1.44. The molecule has 0 saturated carbocycles. The Bertz CT molecular complexity index is 959. The molecular formula is C17H17FN6O. The zero-order valence-corrected chi connectivity index (χ0v) is 13.5. The minimum Gasteiger partial charge on any atom is -0.380 e. The minimum atomic E-state index is -0.205. The topological polar surface area (TPSA) is 82.1 Å². The molecule has 0 atom stereocenters. The van der Waals surface area contributed by atoms with Gasteiger partial charge in [-0.1, -0.05) is 12.1 Å². The predicted molar refractivity (Wildman–Crippen MR) is 90.7 cm³/mol. The molecule has 0 unspecified atom stereocenters. The number of ether oxygens (including phenoxy) is 1. The SMILES string of the molecule is Nc1ncc2cnn(Cc3cccc(N4CC5(COC5)C4)c3F)c2n1. The van der Waals surface area contributed by atoms with Crippen LogP contribution < -0.4 is 10.6 Å². The summed E-state index contributed by atoms with van der Waals surface area (Å²) in [7, 11) is 0. The van der Waals surface area contributed by atoms with Crippen LogP contribution >= 0.6 is 0 Å². The van der Waals surface area contributed by atoms with Crippen molar-refractivity contribution in [2.45, 2.75) is 6.54 Å². The summed E-state index contributed by atoms with van der Waals surface area (Å²) in [6.45, 7) is 3.56. The number of nitrogen functional groups attached to an aromatic ring is 1. The first-order valence-electron chi connectivity index (χ1n) is 8.18. The van der Waals surface area contributed by atoms with Crippen LogP contribution in [0.1, 0.15) is 5.56 Å². The van der Waals surface area contributed by atoms with Crippen LogP contribution in [0.3, 0.4) is 0 Å². The van der Waals surface area contributed by atoms with Crippen molar-refractivity contribution < 1.29 is 9.13 Å². The molecular weight excluding hydrogens is 323 g/mol. The third-order valence-corrected chi connectivity index (χ3v) is 4.98. The van der Waals surface area contributed by atoms with Crippen LogP contribution in [0.15, 0.2) is 30.6 Å².